The summed E-state index contributed by atoms with van der Waals surface area (Å²) >= 11 is 5.56. The second-order valence-electron chi connectivity index (χ2n) is 3.33. The van der Waals surface area contributed by atoms with Crippen molar-refractivity contribution in [3.63, 3.8) is 0 Å². The molecule has 1 rings (SSSR count). The Kier molecular flexibility index (Phi) is 5.05. The number of carbonyl (C=O) groups is 1. The summed E-state index contributed by atoms with van der Waals surface area (Å²) in [4.78, 5) is 11.7. The molecule has 0 unspecified atom stereocenters. The maximum atomic E-state index is 13.0. The predicted molar refractivity (Wildman–Crippen MR) is 61.6 cm³/mol. The fourth-order valence-corrected chi connectivity index (χ4v) is 1.78. The van der Waals surface area contributed by atoms with Crippen molar-refractivity contribution in [2.45, 2.75) is 19.2 Å². The summed E-state index contributed by atoms with van der Waals surface area (Å²) < 4.78 is 30.7. The van der Waals surface area contributed by atoms with Gasteiger partial charge in [0, 0.05) is 11.4 Å². The van der Waals surface area contributed by atoms with E-state index < -0.39 is 23.5 Å². The van der Waals surface area contributed by atoms with Gasteiger partial charge in [-0.25, -0.2) is 13.6 Å². The molecule has 0 saturated heterocycles. The van der Waals surface area contributed by atoms with Crippen LogP contribution in [0.5, 0.6) is 0 Å². The van der Waals surface area contributed by atoms with Crippen molar-refractivity contribution >= 4 is 17.6 Å². The molecule has 0 aliphatic rings. The van der Waals surface area contributed by atoms with Crippen LogP contribution in [0.25, 0.3) is 0 Å². The van der Waals surface area contributed by atoms with Crippen molar-refractivity contribution in [3.05, 3.63) is 34.4 Å². The number of esters is 1. The van der Waals surface area contributed by atoms with Crippen molar-refractivity contribution in [3.8, 4) is 6.07 Å². The smallest absolute Gasteiger partial charge is 0.339 e. The summed E-state index contributed by atoms with van der Waals surface area (Å²) in [7, 11) is 0. The molecule has 0 atom stereocenters. The molecule has 0 bridgehead atoms. The van der Waals surface area contributed by atoms with Gasteiger partial charge >= 0.3 is 5.97 Å². The molecule has 0 aliphatic heterocycles. The van der Waals surface area contributed by atoms with Gasteiger partial charge in [-0.1, -0.05) is 6.07 Å². The van der Waals surface area contributed by atoms with Gasteiger partial charge in [0.25, 0.3) is 6.43 Å². The molecule has 0 radical (unpaired) electrons. The Balaban J connectivity index is 3.51. The highest BCUT2D eigenvalue weighted by molar-refractivity contribution is 6.17. The van der Waals surface area contributed by atoms with E-state index in [2.05, 4.69) is 0 Å². The lowest BCUT2D eigenvalue weighted by molar-refractivity contribution is 0.0514. The minimum Gasteiger partial charge on any atom is -0.462 e. The number of ether oxygens (including phenoxy) is 1. The van der Waals surface area contributed by atoms with Crippen LogP contribution in [0.15, 0.2) is 12.1 Å². The SMILES string of the molecule is CCOC(=O)c1c(C#N)ccc(CCl)c1C(F)F. The molecule has 0 aromatic heterocycles. The quantitative estimate of drug-likeness (QED) is 0.624. The van der Waals surface area contributed by atoms with Crippen molar-refractivity contribution < 1.29 is 18.3 Å². The van der Waals surface area contributed by atoms with Crippen LogP contribution >= 0.6 is 11.6 Å². The third-order valence-electron chi connectivity index (χ3n) is 2.30. The maximum Gasteiger partial charge on any atom is 0.339 e. The lowest BCUT2D eigenvalue weighted by Gasteiger charge is -2.13. The van der Waals surface area contributed by atoms with Crippen LogP contribution in [-0.2, 0) is 10.6 Å². The summed E-state index contributed by atoms with van der Waals surface area (Å²) in [5, 5.41) is 8.87. The van der Waals surface area contributed by atoms with E-state index in [0.717, 1.165) is 0 Å². The summed E-state index contributed by atoms with van der Waals surface area (Å²) in [6.45, 7) is 1.59. The van der Waals surface area contributed by atoms with E-state index >= 15 is 0 Å². The Labute approximate surface area is 108 Å². The molecule has 6 heteroatoms. The van der Waals surface area contributed by atoms with Crippen LogP contribution in [0, 0.1) is 11.3 Å². The fourth-order valence-electron chi connectivity index (χ4n) is 1.54. The second kappa shape index (κ2) is 6.31. The number of nitriles is 1. The van der Waals surface area contributed by atoms with Crippen LogP contribution in [0.3, 0.4) is 0 Å². The lowest BCUT2D eigenvalue weighted by atomic mass is 9.97. The van der Waals surface area contributed by atoms with Gasteiger partial charge < -0.3 is 4.74 Å². The first-order chi connectivity index (χ1) is 8.56. The van der Waals surface area contributed by atoms with E-state index in [0.29, 0.717) is 0 Å². The minimum absolute atomic E-state index is 0.0392. The highest BCUT2D eigenvalue weighted by Gasteiger charge is 2.26. The normalized spacial score (nSPS) is 10.2. The van der Waals surface area contributed by atoms with Gasteiger partial charge in [-0.15, -0.1) is 11.6 Å². The lowest BCUT2D eigenvalue weighted by Crippen LogP contribution is -2.13. The van der Waals surface area contributed by atoms with Crippen LogP contribution in [0.2, 0.25) is 0 Å². The highest BCUT2D eigenvalue weighted by atomic mass is 35.5. The zero-order valence-electron chi connectivity index (χ0n) is 9.54. The first-order valence-electron chi connectivity index (χ1n) is 5.13. The molecule has 0 N–H and O–H groups in total. The van der Waals surface area contributed by atoms with E-state index in [4.69, 9.17) is 21.6 Å². The molecule has 0 fully saturated rings. The van der Waals surface area contributed by atoms with Crippen molar-refractivity contribution in [2.24, 2.45) is 0 Å². The number of halogens is 3. The first-order valence-corrected chi connectivity index (χ1v) is 5.67. The maximum absolute atomic E-state index is 13.0. The van der Waals surface area contributed by atoms with Gasteiger partial charge in [0.2, 0.25) is 0 Å². The molecule has 1 aromatic carbocycles. The first kappa shape index (κ1) is 14.4. The van der Waals surface area contributed by atoms with Crippen LogP contribution < -0.4 is 0 Å². The average molecular weight is 274 g/mol. The van der Waals surface area contributed by atoms with Gasteiger partial charge in [0.1, 0.15) is 6.07 Å². The van der Waals surface area contributed by atoms with Gasteiger partial charge in [0.05, 0.1) is 17.7 Å². The molecule has 18 heavy (non-hydrogen) atoms. The van der Waals surface area contributed by atoms with E-state index in [9.17, 15) is 13.6 Å². The van der Waals surface area contributed by atoms with Crippen molar-refractivity contribution in [2.75, 3.05) is 6.61 Å². The molecular formula is C12H10ClF2NO2. The number of hydrogen-bond donors (Lipinski definition) is 0. The number of carbonyl (C=O) groups excluding carboxylic acids is 1. The summed E-state index contributed by atoms with van der Waals surface area (Å²) in [6.07, 6.45) is -2.90. The molecule has 0 spiro atoms. The second-order valence-corrected chi connectivity index (χ2v) is 3.59. The van der Waals surface area contributed by atoms with E-state index in [1.165, 1.54) is 12.1 Å². The number of nitrogens with zero attached hydrogens (tertiary/aromatic N) is 1. The molecule has 0 aliphatic carbocycles. The highest BCUT2D eigenvalue weighted by Crippen LogP contribution is 2.30. The molecule has 3 nitrogen and oxygen atoms in total. The number of rotatable bonds is 4. The Hall–Kier alpha value is -1.67. The van der Waals surface area contributed by atoms with Crippen LogP contribution in [0.1, 0.15) is 40.4 Å². The monoisotopic (exact) mass is 273 g/mol. The number of hydrogen-bond acceptors (Lipinski definition) is 3. The number of alkyl halides is 3. The van der Waals surface area contributed by atoms with Gasteiger partial charge in [-0.2, -0.15) is 5.26 Å². The third kappa shape index (κ3) is 2.77. The van der Waals surface area contributed by atoms with E-state index in [-0.39, 0.29) is 23.6 Å². The predicted octanol–water partition coefficient (Wildman–Crippen LogP) is 3.41. The van der Waals surface area contributed by atoms with Gasteiger partial charge in [-0.05, 0) is 18.6 Å². The molecule has 0 heterocycles. The molecule has 96 valence electrons. The summed E-state index contributed by atoms with van der Waals surface area (Å²) in [5.41, 5.74) is -0.943. The zero-order chi connectivity index (χ0) is 13.7. The molecule has 0 amide bonds. The Morgan fingerprint density at radius 2 is 2.22 bits per heavy atom. The van der Waals surface area contributed by atoms with Crippen molar-refractivity contribution in [1.29, 1.82) is 5.26 Å². The van der Waals surface area contributed by atoms with E-state index in [1.807, 2.05) is 0 Å². The van der Waals surface area contributed by atoms with Crippen molar-refractivity contribution in [1.82, 2.24) is 0 Å². The van der Waals surface area contributed by atoms with Gasteiger partial charge in [0.15, 0.2) is 0 Å². The van der Waals surface area contributed by atoms with Crippen LogP contribution in [0.4, 0.5) is 8.78 Å². The minimum atomic E-state index is -2.90. The largest absolute Gasteiger partial charge is 0.462 e. The molecule has 1 aromatic rings. The summed E-state index contributed by atoms with van der Waals surface area (Å²) in [5.74, 6) is -1.10. The Morgan fingerprint density at radius 3 is 2.67 bits per heavy atom. The molecule has 0 saturated carbocycles. The fraction of sp³-hybridized carbons (Fsp3) is 0.333. The topological polar surface area (TPSA) is 50.1 Å². The average Bonchev–Trinajstić information content (AvgIpc) is 2.36. The third-order valence-corrected chi connectivity index (χ3v) is 2.59. The van der Waals surface area contributed by atoms with E-state index in [1.54, 1.807) is 13.0 Å². The Morgan fingerprint density at radius 1 is 1.56 bits per heavy atom. The molecular weight excluding hydrogens is 264 g/mol. The number of benzene rings is 1. The van der Waals surface area contributed by atoms with Crippen LogP contribution in [-0.4, -0.2) is 12.6 Å². The zero-order valence-corrected chi connectivity index (χ0v) is 10.3. The standard InChI is InChI=1S/C12H10ClF2NO2/c1-2-18-12(17)10-8(6-16)4-3-7(5-13)9(10)11(14)15/h3-4,11H,2,5H2,1H3. The Bertz CT molecular complexity index is 498. The summed E-state index contributed by atoms with van der Waals surface area (Å²) in [6, 6.07) is 4.31. The van der Waals surface area contributed by atoms with Gasteiger partial charge in [-0.3, -0.25) is 0 Å².